The standard InChI is InChI=1S/C19H20BrN5O3S/c20-11-1-3-12(4-2-11)23-13-5-7-14(8-6-13)24-19-16(18(28)25-29-19)17(21)22-9-15(27)10-26/h1-8,15,23-24,26-27H,9-10H2,(H2,21,22)(H,25,28). The third-order valence-corrected chi connectivity index (χ3v) is 5.24. The Kier molecular flexibility index (Phi) is 7.04. The van der Waals surface area contributed by atoms with Crippen LogP contribution in [0.4, 0.5) is 22.1 Å². The highest BCUT2D eigenvalue weighted by Gasteiger charge is 2.15. The van der Waals surface area contributed by atoms with Crippen LogP contribution in [0.2, 0.25) is 0 Å². The van der Waals surface area contributed by atoms with E-state index in [-0.39, 0.29) is 23.5 Å². The van der Waals surface area contributed by atoms with Crippen molar-refractivity contribution in [1.29, 1.82) is 0 Å². The number of hydrogen-bond acceptors (Lipinski definition) is 7. The molecule has 0 bridgehead atoms. The Morgan fingerprint density at radius 2 is 1.66 bits per heavy atom. The number of aliphatic hydroxyl groups is 2. The quantitative estimate of drug-likeness (QED) is 0.218. The Balaban J connectivity index is 1.72. The van der Waals surface area contributed by atoms with E-state index < -0.39 is 12.7 Å². The molecule has 0 radical (unpaired) electrons. The molecule has 1 heterocycles. The molecule has 0 amide bonds. The molecule has 0 fully saturated rings. The van der Waals surface area contributed by atoms with E-state index in [1.165, 1.54) is 0 Å². The number of rotatable bonds is 8. The third-order valence-electron chi connectivity index (χ3n) is 3.91. The Labute approximate surface area is 179 Å². The van der Waals surface area contributed by atoms with Crippen molar-refractivity contribution in [1.82, 2.24) is 4.37 Å². The maximum Gasteiger partial charge on any atom is 0.271 e. The van der Waals surface area contributed by atoms with Crippen molar-refractivity contribution in [3.05, 3.63) is 68.9 Å². The lowest BCUT2D eigenvalue weighted by atomic mass is 10.2. The molecule has 152 valence electrons. The molecule has 1 unspecified atom stereocenters. The molecule has 0 saturated carbocycles. The fourth-order valence-electron chi connectivity index (χ4n) is 2.43. The summed E-state index contributed by atoms with van der Waals surface area (Å²) in [4.78, 5) is 16.1. The molecule has 0 spiro atoms. The number of anilines is 4. The summed E-state index contributed by atoms with van der Waals surface area (Å²) < 4.78 is 3.63. The number of nitrogens with zero attached hydrogens (tertiary/aromatic N) is 1. The molecule has 0 aliphatic rings. The molecular weight excluding hydrogens is 458 g/mol. The Hall–Kier alpha value is -2.66. The molecule has 29 heavy (non-hydrogen) atoms. The number of aliphatic imine (C=N–C) groups is 1. The van der Waals surface area contributed by atoms with Gasteiger partial charge in [-0.05, 0) is 60.1 Å². The third kappa shape index (κ3) is 5.67. The monoisotopic (exact) mass is 477 g/mol. The number of benzene rings is 2. The average Bonchev–Trinajstić information content (AvgIpc) is 3.09. The van der Waals surface area contributed by atoms with E-state index in [0.717, 1.165) is 33.1 Å². The van der Waals surface area contributed by atoms with Crippen LogP contribution in [-0.2, 0) is 0 Å². The van der Waals surface area contributed by atoms with Crippen LogP contribution in [0, 0.1) is 0 Å². The summed E-state index contributed by atoms with van der Waals surface area (Å²) in [5, 5.41) is 25.2. The van der Waals surface area contributed by atoms with Crippen molar-refractivity contribution in [2.24, 2.45) is 10.7 Å². The summed E-state index contributed by atoms with van der Waals surface area (Å²) in [6.07, 6.45) is -1.02. The smallest absolute Gasteiger partial charge is 0.271 e. The van der Waals surface area contributed by atoms with Crippen LogP contribution in [0.5, 0.6) is 0 Å². The Morgan fingerprint density at radius 3 is 2.24 bits per heavy atom. The van der Waals surface area contributed by atoms with Crippen molar-refractivity contribution >= 4 is 55.4 Å². The highest BCUT2D eigenvalue weighted by atomic mass is 79.9. The second kappa shape index (κ2) is 9.70. The van der Waals surface area contributed by atoms with Gasteiger partial charge in [0, 0.05) is 21.5 Å². The first kappa shape index (κ1) is 21.1. The molecule has 8 nitrogen and oxygen atoms in total. The van der Waals surface area contributed by atoms with Crippen LogP contribution < -0.4 is 21.9 Å². The summed E-state index contributed by atoms with van der Waals surface area (Å²) in [5.41, 5.74) is 8.40. The van der Waals surface area contributed by atoms with Crippen molar-refractivity contribution in [3.63, 3.8) is 0 Å². The molecule has 0 aliphatic carbocycles. The number of amidine groups is 1. The van der Waals surface area contributed by atoms with Gasteiger partial charge in [-0.25, -0.2) is 0 Å². The SMILES string of the molecule is NC(=NCC(O)CO)c1c(Nc2ccc(Nc3ccc(Br)cc3)cc2)s[nH]c1=O. The van der Waals surface area contributed by atoms with Crippen LogP contribution in [0.25, 0.3) is 0 Å². The zero-order valence-electron chi connectivity index (χ0n) is 15.2. The van der Waals surface area contributed by atoms with Gasteiger partial charge in [0.05, 0.1) is 19.3 Å². The summed E-state index contributed by atoms with van der Waals surface area (Å²) >= 11 is 4.52. The normalized spacial score (nSPS) is 12.6. The van der Waals surface area contributed by atoms with Gasteiger partial charge in [-0.15, -0.1) is 0 Å². The van der Waals surface area contributed by atoms with Crippen molar-refractivity contribution in [3.8, 4) is 0 Å². The van der Waals surface area contributed by atoms with Gasteiger partial charge in [0.25, 0.3) is 5.56 Å². The molecule has 7 N–H and O–H groups in total. The van der Waals surface area contributed by atoms with E-state index in [2.05, 4.69) is 35.9 Å². The van der Waals surface area contributed by atoms with Gasteiger partial charge < -0.3 is 26.6 Å². The van der Waals surface area contributed by atoms with E-state index in [1.807, 2.05) is 48.5 Å². The highest BCUT2D eigenvalue weighted by molar-refractivity contribution is 9.10. The number of halogens is 1. The topological polar surface area (TPSA) is 136 Å². The fourth-order valence-corrected chi connectivity index (χ4v) is 3.46. The van der Waals surface area contributed by atoms with Crippen LogP contribution in [0.3, 0.4) is 0 Å². The van der Waals surface area contributed by atoms with Gasteiger partial charge in [-0.2, -0.15) is 0 Å². The van der Waals surface area contributed by atoms with Crippen LogP contribution in [-0.4, -0.2) is 39.7 Å². The molecule has 10 heteroatoms. The van der Waals surface area contributed by atoms with Gasteiger partial charge in [0.15, 0.2) is 0 Å². The molecule has 0 aliphatic heterocycles. The first-order chi connectivity index (χ1) is 14.0. The van der Waals surface area contributed by atoms with Crippen LogP contribution >= 0.6 is 27.5 Å². The average molecular weight is 478 g/mol. The minimum atomic E-state index is -1.02. The predicted octanol–water partition coefficient (Wildman–Crippen LogP) is 2.74. The summed E-state index contributed by atoms with van der Waals surface area (Å²) in [6, 6.07) is 15.4. The van der Waals surface area contributed by atoms with Gasteiger partial charge in [0.1, 0.15) is 16.4 Å². The number of nitrogens with two attached hydrogens (primary N) is 1. The molecule has 2 aromatic carbocycles. The van der Waals surface area contributed by atoms with E-state index in [4.69, 9.17) is 10.8 Å². The molecule has 1 atom stereocenters. The number of aliphatic hydroxyl groups excluding tert-OH is 2. The summed E-state index contributed by atoms with van der Waals surface area (Å²) in [6.45, 7) is -0.518. The van der Waals surface area contributed by atoms with Gasteiger partial charge in [-0.3, -0.25) is 14.2 Å². The van der Waals surface area contributed by atoms with E-state index in [0.29, 0.717) is 5.00 Å². The van der Waals surface area contributed by atoms with E-state index >= 15 is 0 Å². The largest absolute Gasteiger partial charge is 0.394 e. The number of aromatic amines is 1. The predicted molar refractivity (Wildman–Crippen MR) is 121 cm³/mol. The van der Waals surface area contributed by atoms with Crippen molar-refractivity contribution in [2.45, 2.75) is 6.10 Å². The Morgan fingerprint density at radius 1 is 1.10 bits per heavy atom. The summed E-state index contributed by atoms with van der Waals surface area (Å²) in [5.74, 6) is -0.00368. The first-order valence-electron chi connectivity index (χ1n) is 8.66. The molecule has 3 aromatic rings. The Bertz CT molecular complexity index is 1030. The minimum absolute atomic E-state index is 0.00368. The lowest BCUT2D eigenvalue weighted by molar-refractivity contribution is 0.102. The summed E-state index contributed by atoms with van der Waals surface area (Å²) in [7, 11) is 0. The zero-order chi connectivity index (χ0) is 20.8. The maximum atomic E-state index is 12.1. The number of H-pyrrole nitrogens is 1. The maximum absolute atomic E-state index is 12.1. The minimum Gasteiger partial charge on any atom is -0.394 e. The second-order valence-electron chi connectivity index (χ2n) is 6.13. The van der Waals surface area contributed by atoms with Crippen molar-refractivity contribution in [2.75, 3.05) is 23.8 Å². The molecular formula is C19H20BrN5O3S. The van der Waals surface area contributed by atoms with Gasteiger partial charge in [0.2, 0.25) is 0 Å². The molecule has 1 aromatic heterocycles. The highest BCUT2D eigenvalue weighted by Crippen LogP contribution is 2.25. The molecule has 3 rings (SSSR count). The van der Waals surface area contributed by atoms with E-state index in [1.54, 1.807) is 0 Å². The number of nitrogens with one attached hydrogen (secondary N) is 3. The number of aromatic nitrogens is 1. The fraction of sp³-hybridized carbons (Fsp3) is 0.158. The lowest BCUT2D eigenvalue weighted by Gasteiger charge is -2.09. The first-order valence-corrected chi connectivity index (χ1v) is 10.3. The zero-order valence-corrected chi connectivity index (χ0v) is 17.6. The van der Waals surface area contributed by atoms with Gasteiger partial charge in [-0.1, -0.05) is 15.9 Å². The number of hydrogen-bond donors (Lipinski definition) is 6. The van der Waals surface area contributed by atoms with Crippen molar-refractivity contribution < 1.29 is 10.2 Å². The van der Waals surface area contributed by atoms with Gasteiger partial charge >= 0.3 is 0 Å². The van der Waals surface area contributed by atoms with Crippen LogP contribution in [0.1, 0.15) is 5.56 Å². The van der Waals surface area contributed by atoms with E-state index in [9.17, 15) is 9.90 Å². The lowest BCUT2D eigenvalue weighted by Crippen LogP contribution is -2.25. The van der Waals surface area contributed by atoms with Crippen LogP contribution in [0.15, 0.2) is 62.8 Å². The second-order valence-corrected chi connectivity index (χ2v) is 7.87. The molecule has 0 saturated heterocycles.